The van der Waals surface area contributed by atoms with Crippen LogP contribution >= 0.6 is 0 Å². The molecule has 1 aromatic carbocycles. The fourth-order valence-corrected chi connectivity index (χ4v) is 3.74. The molecule has 1 fully saturated rings. The van der Waals surface area contributed by atoms with Crippen molar-refractivity contribution in [2.24, 2.45) is 5.41 Å². The van der Waals surface area contributed by atoms with Crippen LogP contribution in [0.3, 0.4) is 0 Å². The number of ether oxygens (including phenoxy) is 2. The number of benzene rings is 1. The van der Waals surface area contributed by atoms with Crippen molar-refractivity contribution < 1.29 is 36.6 Å². The molecule has 1 saturated heterocycles. The quantitative estimate of drug-likeness (QED) is 0.524. The summed E-state index contributed by atoms with van der Waals surface area (Å²) in [6.07, 6.45) is 1.77. The van der Waals surface area contributed by atoms with Crippen LogP contribution in [0.5, 0.6) is 5.75 Å². The largest absolute Gasteiger partial charge is 0.464 e. The highest BCUT2D eigenvalue weighted by Gasteiger charge is 2.46. The Bertz CT molecular complexity index is 1030. The standard InChI is InChI=1S/C21H21F4N3O4/c1-21(2)7-9-28(14-5-4-12(22)15(23)16(14)32-20(24)25)17(21)18(29)27-11-6-8-26-13(10-11)19(30)31-3/h4-6,8,10,17,20H,7,9H2,1-3H3,(H,26,27,29). The third kappa shape index (κ3) is 4.61. The number of halogens is 4. The Morgan fingerprint density at radius 1 is 1.25 bits per heavy atom. The highest BCUT2D eigenvalue weighted by Crippen LogP contribution is 2.44. The number of anilines is 2. The lowest BCUT2D eigenvalue weighted by molar-refractivity contribution is -0.119. The smallest absolute Gasteiger partial charge is 0.387 e. The fourth-order valence-electron chi connectivity index (χ4n) is 3.74. The highest BCUT2D eigenvalue weighted by molar-refractivity contribution is 5.99. The molecule has 2 heterocycles. The van der Waals surface area contributed by atoms with Gasteiger partial charge in [-0.15, -0.1) is 0 Å². The van der Waals surface area contributed by atoms with Gasteiger partial charge in [0.15, 0.2) is 11.6 Å². The van der Waals surface area contributed by atoms with E-state index in [-0.39, 0.29) is 23.6 Å². The Morgan fingerprint density at radius 3 is 2.62 bits per heavy atom. The number of carbonyl (C=O) groups is 2. The van der Waals surface area contributed by atoms with Gasteiger partial charge in [0.1, 0.15) is 11.7 Å². The number of nitrogens with zero attached hydrogens (tertiary/aromatic N) is 2. The number of carbonyl (C=O) groups excluding carboxylic acids is 2. The molecule has 0 spiro atoms. The third-order valence-corrected chi connectivity index (χ3v) is 5.26. The van der Waals surface area contributed by atoms with E-state index in [2.05, 4.69) is 19.8 Å². The number of amides is 1. The molecule has 1 unspecified atom stereocenters. The summed E-state index contributed by atoms with van der Waals surface area (Å²) in [6.45, 7) is 0.398. The van der Waals surface area contributed by atoms with Crippen molar-refractivity contribution in [1.82, 2.24) is 4.98 Å². The van der Waals surface area contributed by atoms with E-state index in [0.29, 0.717) is 6.42 Å². The third-order valence-electron chi connectivity index (χ3n) is 5.26. The molecule has 1 aliphatic heterocycles. The van der Waals surface area contributed by atoms with Gasteiger partial charge in [-0.25, -0.2) is 14.2 Å². The van der Waals surface area contributed by atoms with Crippen molar-refractivity contribution in [3.8, 4) is 5.75 Å². The SMILES string of the molecule is COC(=O)c1cc(NC(=O)C2N(c3ccc(F)c(F)c3OC(F)F)CCC2(C)C)ccn1. The van der Waals surface area contributed by atoms with E-state index in [4.69, 9.17) is 0 Å². The van der Waals surface area contributed by atoms with Gasteiger partial charge in [0.2, 0.25) is 11.7 Å². The predicted octanol–water partition coefficient (Wildman–Crippen LogP) is 3.99. The first kappa shape index (κ1) is 23.3. The molecule has 1 N–H and O–H groups in total. The average Bonchev–Trinajstić information content (AvgIpc) is 3.05. The van der Waals surface area contributed by atoms with Crippen LogP contribution in [0.25, 0.3) is 0 Å². The molecular weight excluding hydrogens is 434 g/mol. The number of alkyl halides is 2. The lowest BCUT2D eigenvalue weighted by atomic mass is 9.84. The maximum absolute atomic E-state index is 14.3. The molecule has 0 saturated carbocycles. The van der Waals surface area contributed by atoms with Crippen molar-refractivity contribution in [1.29, 1.82) is 0 Å². The molecule has 1 amide bonds. The molecule has 2 aromatic rings. The van der Waals surface area contributed by atoms with Crippen LogP contribution in [-0.2, 0) is 9.53 Å². The van der Waals surface area contributed by atoms with Gasteiger partial charge in [-0.1, -0.05) is 13.8 Å². The number of pyridine rings is 1. The summed E-state index contributed by atoms with van der Waals surface area (Å²) in [6, 6.07) is 3.72. The number of hydrogen-bond donors (Lipinski definition) is 1. The molecule has 1 aromatic heterocycles. The molecule has 11 heteroatoms. The second kappa shape index (κ2) is 9.01. The minimum atomic E-state index is -3.39. The number of methoxy groups -OCH3 is 1. The van der Waals surface area contributed by atoms with E-state index in [1.807, 2.05) is 0 Å². The molecular formula is C21H21F4N3O4. The molecule has 0 bridgehead atoms. The van der Waals surface area contributed by atoms with Crippen LogP contribution in [0.15, 0.2) is 30.5 Å². The zero-order valence-corrected chi connectivity index (χ0v) is 17.5. The van der Waals surface area contributed by atoms with Crippen molar-refractivity contribution >= 4 is 23.3 Å². The molecule has 1 atom stereocenters. The summed E-state index contributed by atoms with van der Waals surface area (Å²) >= 11 is 0. The van der Waals surface area contributed by atoms with Gasteiger partial charge in [-0.2, -0.15) is 13.2 Å². The summed E-state index contributed by atoms with van der Waals surface area (Å²) in [4.78, 5) is 30.2. The summed E-state index contributed by atoms with van der Waals surface area (Å²) in [5, 5.41) is 2.66. The second-order valence-electron chi connectivity index (χ2n) is 7.83. The summed E-state index contributed by atoms with van der Waals surface area (Å²) in [5.74, 6) is -5.12. The van der Waals surface area contributed by atoms with Crippen LogP contribution in [-0.4, -0.2) is 43.2 Å². The topological polar surface area (TPSA) is 80.8 Å². The second-order valence-corrected chi connectivity index (χ2v) is 7.83. The first-order valence-corrected chi connectivity index (χ1v) is 9.60. The van der Waals surface area contributed by atoms with Gasteiger partial charge >= 0.3 is 12.6 Å². The fraction of sp³-hybridized carbons (Fsp3) is 0.381. The number of aromatic nitrogens is 1. The Labute approximate surface area is 181 Å². The maximum Gasteiger partial charge on any atom is 0.387 e. The summed E-state index contributed by atoms with van der Waals surface area (Å²) in [5.41, 5.74) is -0.599. The number of esters is 1. The number of hydrogen-bond acceptors (Lipinski definition) is 6. The highest BCUT2D eigenvalue weighted by atomic mass is 19.3. The van der Waals surface area contributed by atoms with Gasteiger partial charge in [-0.3, -0.25) is 4.79 Å². The minimum Gasteiger partial charge on any atom is -0.464 e. The molecule has 3 rings (SSSR count). The summed E-state index contributed by atoms with van der Waals surface area (Å²) < 4.78 is 62.6. The normalized spacial score (nSPS) is 17.4. The van der Waals surface area contributed by atoms with Gasteiger partial charge in [-0.05, 0) is 36.1 Å². The lowest BCUT2D eigenvalue weighted by Gasteiger charge is -2.33. The molecule has 0 radical (unpaired) electrons. The van der Waals surface area contributed by atoms with Crippen molar-refractivity contribution in [3.05, 3.63) is 47.8 Å². The number of rotatable bonds is 6. The van der Waals surface area contributed by atoms with Crippen LogP contribution in [0.4, 0.5) is 28.9 Å². The Morgan fingerprint density at radius 2 is 1.97 bits per heavy atom. The van der Waals surface area contributed by atoms with Crippen LogP contribution in [0, 0.1) is 17.0 Å². The lowest BCUT2D eigenvalue weighted by Crippen LogP contribution is -2.46. The maximum atomic E-state index is 14.3. The monoisotopic (exact) mass is 455 g/mol. The van der Waals surface area contributed by atoms with Gasteiger partial charge < -0.3 is 19.7 Å². The van der Waals surface area contributed by atoms with E-state index in [1.54, 1.807) is 13.8 Å². The van der Waals surface area contributed by atoms with E-state index in [1.165, 1.54) is 30.3 Å². The zero-order valence-electron chi connectivity index (χ0n) is 17.5. The van der Waals surface area contributed by atoms with E-state index in [0.717, 1.165) is 12.1 Å². The van der Waals surface area contributed by atoms with Gasteiger partial charge in [0, 0.05) is 18.4 Å². The van der Waals surface area contributed by atoms with Crippen molar-refractivity contribution in [2.45, 2.75) is 32.9 Å². The zero-order chi connectivity index (χ0) is 23.6. The summed E-state index contributed by atoms with van der Waals surface area (Å²) in [7, 11) is 1.19. The minimum absolute atomic E-state index is 0.0268. The van der Waals surface area contributed by atoms with Gasteiger partial charge in [0.25, 0.3) is 0 Å². The Hall–Kier alpha value is -3.37. The average molecular weight is 455 g/mol. The Kier molecular flexibility index (Phi) is 6.56. The van der Waals surface area contributed by atoms with E-state index >= 15 is 0 Å². The molecule has 32 heavy (non-hydrogen) atoms. The first-order valence-electron chi connectivity index (χ1n) is 9.60. The van der Waals surface area contributed by atoms with E-state index in [9.17, 15) is 27.2 Å². The molecule has 1 aliphatic rings. The van der Waals surface area contributed by atoms with Gasteiger partial charge in [0.05, 0.1) is 12.8 Å². The number of nitrogens with one attached hydrogen (secondary N) is 1. The predicted molar refractivity (Wildman–Crippen MR) is 107 cm³/mol. The molecule has 172 valence electrons. The Balaban J connectivity index is 1.96. The van der Waals surface area contributed by atoms with Crippen LogP contribution in [0.1, 0.15) is 30.8 Å². The van der Waals surface area contributed by atoms with Crippen LogP contribution in [0.2, 0.25) is 0 Å². The van der Waals surface area contributed by atoms with E-state index < -0.39 is 47.3 Å². The first-order chi connectivity index (χ1) is 15.0. The molecule has 0 aliphatic carbocycles. The van der Waals surface area contributed by atoms with Crippen molar-refractivity contribution in [3.63, 3.8) is 0 Å². The van der Waals surface area contributed by atoms with Crippen LogP contribution < -0.4 is 15.0 Å². The molecule has 7 nitrogen and oxygen atoms in total. The van der Waals surface area contributed by atoms with Crippen molar-refractivity contribution in [2.75, 3.05) is 23.9 Å².